The number of fused-ring (bicyclic) bond motifs is 1. The summed E-state index contributed by atoms with van der Waals surface area (Å²) in [5.41, 5.74) is 0.666. The number of esters is 1. The lowest BCUT2D eigenvalue weighted by molar-refractivity contribution is -0.175. The van der Waals surface area contributed by atoms with Crippen molar-refractivity contribution in [3.05, 3.63) is 29.8 Å². The molecule has 0 aromatic carbocycles. The lowest BCUT2D eigenvalue weighted by Gasteiger charge is -2.16. The predicted octanol–water partition coefficient (Wildman–Crippen LogP) is 0.831. The van der Waals surface area contributed by atoms with E-state index in [0.29, 0.717) is 5.69 Å². The molecule has 0 aliphatic heterocycles. The van der Waals surface area contributed by atoms with Crippen LogP contribution in [0, 0.1) is 6.92 Å². The molecule has 0 saturated carbocycles. The molecule has 0 bridgehead atoms. The van der Waals surface area contributed by atoms with Crippen molar-refractivity contribution in [3.8, 4) is 0 Å². The Balaban J connectivity index is 2.23. The molecule has 2 aromatic rings. The van der Waals surface area contributed by atoms with Gasteiger partial charge in [-0.15, -0.1) is 0 Å². The molecule has 1 atom stereocenters. The van der Waals surface area contributed by atoms with E-state index in [2.05, 4.69) is 14.7 Å². The lowest BCUT2D eigenvalue weighted by Crippen LogP contribution is -2.48. The number of methoxy groups -OCH3 is 1. The molecule has 2 rings (SSSR count). The standard InChI is InChI=1S/C14H13F3N4O4/c1-7-3-4-21-9(6-18-13(21)19-7)10(22)5-8(11(23)25-2)20-12(24)14(15,16)17/h3-4,6,8H,5H2,1-2H3,(H,20,24). The van der Waals surface area contributed by atoms with E-state index in [-0.39, 0.29) is 11.5 Å². The molecule has 0 fully saturated rings. The number of aryl methyl sites for hydroxylation is 1. The van der Waals surface area contributed by atoms with Gasteiger partial charge in [0, 0.05) is 18.3 Å². The Morgan fingerprint density at radius 2 is 2.04 bits per heavy atom. The normalized spacial score (nSPS) is 12.7. The fraction of sp³-hybridized carbons (Fsp3) is 0.357. The van der Waals surface area contributed by atoms with Gasteiger partial charge < -0.3 is 10.1 Å². The number of carbonyl (C=O) groups is 3. The minimum absolute atomic E-state index is 0.0117. The minimum Gasteiger partial charge on any atom is -0.467 e. The molecule has 0 spiro atoms. The maximum absolute atomic E-state index is 12.4. The largest absolute Gasteiger partial charge is 0.471 e. The second kappa shape index (κ2) is 6.87. The molecular weight excluding hydrogens is 345 g/mol. The smallest absolute Gasteiger partial charge is 0.467 e. The zero-order chi connectivity index (χ0) is 18.8. The van der Waals surface area contributed by atoms with Crippen molar-refractivity contribution in [2.75, 3.05) is 7.11 Å². The average Bonchev–Trinajstić information content (AvgIpc) is 2.95. The van der Waals surface area contributed by atoms with Gasteiger partial charge in [-0.1, -0.05) is 0 Å². The summed E-state index contributed by atoms with van der Waals surface area (Å²) >= 11 is 0. The Morgan fingerprint density at radius 1 is 1.36 bits per heavy atom. The van der Waals surface area contributed by atoms with Crippen molar-refractivity contribution in [3.63, 3.8) is 0 Å². The van der Waals surface area contributed by atoms with Gasteiger partial charge in [0.05, 0.1) is 13.3 Å². The Morgan fingerprint density at radius 3 is 2.64 bits per heavy atom. The first-order chi connectivity index (χ1) is 11.6. The minimum atomic E-state index is -5.19. The molecule has 0 aliphatic carbocycles. The number of alkyl halides is 3. The summed E-state index contributed by atoms with van der Waals surface area (Å²) in [6.07, 6.45) is -3.22. The van der Waals surface area contributed by atoms with Gasteiger partial charge in [0.25, 0.3) is 0 Å². The van der Waals surface area contributed by atoms with Gasteiger partial charge in [0.1, 0.15) is 11.7 Å². The summed E-state index contributed by atoms with van der Waals surface area (Å²) in [6.45, 7) is 1.72. The van der Waals surface area contributed by atoms with Crippen molar-refractivity contribution in [1.29, 1.82) is 0 Å². The first-order valence-electron chi connectivity index (χ1n) is 6.93. The molecular formula is C14H13F3N4O4. The summed E-state index contributed by atoms with van der Waals surface area (Å²) in [5, 5.41) is 1.45. The first-order valence-corrected chi connectivity index (χ1v) is 6.93. The number of amides is 1. The van der Waals surface area contributed by atoms with Gasteiger partial charge in [-0.3, -0.25) is 14.0 Å². The van der Waals surface area contributed by atoms with E-state index in [9.17, 15) is 27.6 Å². The topological polar surface area (TPSA) is 103 Å². The van der Waals surface area contributed by atoms with Crippen molar-refractivity contribution < 1.29 is 32.3 Å². The molecule has 2 heterocycles. The number of aromatic nitrogens is 3. The highest BCUT2D eigenvalue weighted by molar-refractivity contribution is 5.99. The molecule has 134 valence electrons. The van der Waals surface area contributed by atoms with Crippen LogP contribution in [0.2, 0.25) is 0 Å². The second-order valence-corrected chi connectivity index (χ2v) is 5.06. The average molecular weight is 358 g/mol. The quantitative estimate of drug-likeness (QED) is 0.627. The van der Waals surface area contributed by atoms with Crippen LogP contribution in [0.3, 0.4) is 0 Å². The summed E-state index contributed by atoms with van der Waals surface area (Å²) in [4.78, 5) is 43.0. The summed E-state index contributed by atoms with van der Waals surface area (Å²) in [5.74, 6) is -4.01. The van der Waals surface area contributed by atoms with Crippen molar-refractivity contribution >= 4 is 23.4 Å². The van der Waals surface area contributed by atoms with E-state index >= 15 is 0 Å². The van der Waals surface area contributed by atoms with Gasteiger partial charge in [0.15, 0.2) is 5.78 Å². The number of ether oxygens (including phenoxy) is 1. The zero-order valence-electron chi connectivity index (χ0n) is 13.1. The van der Waals surface area contributed by atoms with E-state index in [4.69, 9.17) is 0 Å². The monoisotopic (exact) mass is 358 g/mol. The van der Waals surface area contributed by atoms with Crippen molar-refractivity contribution in [2.24, 2.45) is 0 Å². The van der Waals surface area contributed by atoms with Crippen molar-refractivity contribution in [2.45, 2.75) is 25.6 Å². The van der Waals surface area contributed by atoms with Crippen LogP contribution < -0.4 is 5.32 Å². The summed E-state index contributed by atoms with van der Waals surface area (Å²) in [6, 6.07) is -0.176. The number of hydrogen-bond donors (Lipinski definition) is 1. The van der Waals surface area contributed by atoms with Gasteiger partial charge in [0.2, 0.25) is 5.78 Å². The third-order valence-corrected chi connectivity index (χ3v) is 3.24. The van der Waals surface area contributed by atoms with Crippen LogP contribution in [0.25, 0.3) is 5.78 Å². The summed E-state index contributed by atoms with van der Waals surface area (Å²) < 4.78 is 42.8. The molecule has 8 nitrogen and oxygen atoms in total. The molecule has 2 aromatic heterocycles. The van der Waals surface area contributed by atoms with Crippen LogP contribution in [0.1, 0.15) is 22.6 Å². The molecule has 1 N–H and O–H groups in total. The fourth-order valence-electron chi connectivity index (χ4n) is 2.03. The molecule has 0 aliphatic rings. The van der Waals surface area contributed by atoms with Gasteiger partial charge >= 0.3 is 18.1 Å². The SMILES string of the molecule is COC(=O)C(CC(=O)c1cnc2nc(C)ccn12)NC(=O)C(F)(F)F. The number of hydrogen-bond acceptors (Lipinski definition) is 6. The first kappa shape index (κ1) is 18.4. The third kappa shape index (κ3) is 4.11. The van der Waals surface area contributed by atoms with E-state index in [1.807, 2.05) is 0 Å². The van der Waals surface area contributed by atoms with Crippen LogP contribution in [0.4, 0.5) is 13.2 Å². The Labute approximate surface area is 139 Å². The molecule has 11 heteroatoms. The Bertz CT molecular complexity index is 831. The maximum atomic E-state index is 12.4. The zero-order valence-corrected chi connectivity index (χ0v) is 13.1. The van der Waals surface area contributed by atoms with Crippen molar-refractivity contribution in [1.82, 2.24) is 19.7 Å². The van der Waals surface area contributed by atoms with E-state index < -0.39 is 36.3 Å². The number of ketones is 1. The Kier molecular flexibility index (Phi) is 5.04. The van der Waals surface area contributed by atoms with Gasteiger partial charge in [-0.2, -0.15) is 13.2 Å². The number of carbonyl (C=O) groups excluding carboxylic acids is 3. The second-order valence-electron chi connectivity index (χ2n) is 5.06. The molecule has 0 radical (unpaired) electrons. The number of rotatable bonds is 5. The molecule has 0 saturated heterocycles. The molecule has 1 amide bonds. The van der Waals surface area contributed by atoms with Gasteiger partial charge in [-0.25, -0.2) is 14.8 Å². The van der Waals surface area contributed by atoms with E-state index in [0.717, 1.165) is 7.11 Å². The van der Waals surface area contributed by atoms with Crippen LogP contribution >= 0.6 is 0 Å². The number of imidazole rings is 1. The van der Waals surface area contributed by atoms with Crippen LogP contribution in [-0.2, 0) is 14.3 Å². The maximum Gasteiger partial charge on any atom is 0.471 e. The molecule has 1 unspecified atom stereocenters. The van der Waals surface area contributed by atoms with Crippen LogP contribution in [-0.4, -0.2) is 51.4 Å². The lowest BCUT2D eigenvalue weighted by atomic mass is 10.1. The highest BCUT2D eigenvalue weighted by Crippen LogP contribution is 2.16. The van der Waals surface area contributed by atoms with E-state index in [1.54, 1.807) is 13.0 Å². The highest BCUT2D eigenvalue weighted by atomic mass is 19.4. The van der Waals surface area contributed by atoms with Crippen LogP contribution in [0.15, 0.2) is 18.5 Å². The number of nitrogens with one attached hydrogen (secondary N) is 1. The summed E-state index contributed by atoms with van der Waals surface area (Å²) in [7, 11) is 0.931. The van der Waals surface area contributed by atoms with Crippen LogP contribution in [0.5, 0.6) is 0 Å². The number of halogens is 3. The predicted molar refractivity (Wildman–Crippen MR) is 76.7 cm³/mol. The Hall–Kier alpha value is -2.98. The van der Waals surface area contributed by atoms with E-state index in [1.165, 1.54) is 22.1 Å². The fourth-order valence-corrected chi connectivity index (χ4v) is 2.03. The molecule has 25 heavy (non-hydrogen) atoms. The van der Waals surface area contributed by atoms with Gasteiger partial charge in [-0.05, 0) is 13.0 Å². The third-order valence-electron chi connectivity index (χ3n) is 3.24. The highest BCUT2D eigenvalue weighted by Gasteiger charge is 2.41. The number of Topliss-reactive ketones (excluding diaryl/α,β-unsaturated/α-hetero) is 1. The number of nitrogens with zero attached hydrogens (tertiary/aromatic N) is 3.